The number of nitrogens with two attached hydrogens (primary N) is 2. The van der Waals surface area contributed by atoms with Crippen molar-refractivity contribution >= 4 is 24.0 Å². The molecule has 0 radical (unpaired) electrons. The number of urea groups is 2. The van der Waals surface area contributed by atoms with Crippen LogP contribution in [0.4, 0.5) is 9.59 Å². The van der Waals surface area contributed by atoms with E-state index in [0.29, 0.717) is 13.1 Å². The number of amides is 4. The summed E-state index contributed by atoms with van der Waals surface area (Å²) in [6, 6.07) is 15.8. The van der Waals surface area contributed by atoms with Crippen LogP contribution in [0.15, 0.2) is 58.5 Å². The number of piperazine rings is 1. The Hall–Kier alpha value is -4.16. The Morgan fingerprint density at radius 1 is 0.643 bits per heavy atom. The van der Waals surface area contributed by atoms with Gasteiger partial charge < -0.3 is 32.7 Å². The lowest BCUT2D eigenvalue weighted by Gasteiger charge is -2.34. The fraction of sp³-hybridized carbons (Fsp3) is 0.467. The molecule has 42 heavy (non-hydrogen) atoms. The predicted molar refractivity (Wildman–Crippen MR) is 164 cm³/mol. The van der Waals surface area contributed by atoms with Gasteiger partial charge in [-0.25, -0.2) is 9.59 Å². The summed E-state index contributed by atoms with van der Waals surface area (Å²) in [5.74, 6) is 0.267. The van der Waals surface area contributed by atoms with Crippen LogP contribution in [0.2, 0.25) is 0 Å². The van der Waals surface area contributed by atoms with Gasteiger partial charge in [0.05, 0.1) is 0 Å². The summed E-state index contributed by atoms with van der Waals surface area (Å²) in [5, 5.41) is 12.0. The van der Waals surface area contributed by atoms with Gasteiger partial charge in [0.15, 0.2) is 11.9 Å². The molecule has 0 spiro atoms. The first kappa shape index (κ1) is 29.3. The molecule has 0 atom stereocenters. The average molecular weight is 575 g/mol. The smallest absolute Gasteiger partial charge is 0.344 e. The van der Waals surface area contributed by atoms with Crippen LogP contribution in [0.25, 0.3) is 0 Å². The van der Waals surface area contributed by atoms with Gasteiger partial charge in [-0.05, 0) is 47.9 Å². The second-order valence-corrected chi connectivity index (χ2v) is 11.2. The van der Waals surface area contributed by atoms with Gasteiger partial charge in [0.1, 0.15) is 0 Å². The molecule has 4 amide bonds. The van der Waals surface area contributed by atoms with Crippen molar-refractivity contribution < 1.29 is 9.59 Å². The second kappa shape index (κ2) is 14.1. The maximum absolute atomic E-state index is 12.3. The van der Waals surface area contributed by atoms with Gasteiger partial charge in [-0.1, -0.05) is 48.5 Å². The van der Waals surface area contributed by atoms with Gasteiger partial charge in [0.25, 0.3) is 0 Å². The van der Waals surface area contributed by atoms with Gasteiger partial charge in [0.2, 0.25) is 0 Å². The summed E-state index contributed by atoms with van der Waals surface area (Å²) in [5.41, 5.74) is 17.0. The second-order valence-electron chi connectivity index (χ2n) is 11.2. The molecule has 0 aromatic heterocycles. The number of carbonyl (C=O) groups is 2. The first-order chi connectivity index (χ1) is 20.4. The standard InChI is InChI=1S/C30H42N10O2/c31-27(37-29(41)35-25-17-21-5-1-2-6-22(21)18-25)33-9-11-39-13-15-40(16-14-39)12-10-34-28(32)38-30(42)36-26-19-23-7-3-4-8-24(23)20-26/h1-8,25-26H,9-20H2,(H4,31,33,35,37,41)(H4,32,34,36,38,42). The molecule has 12 nitrogen and oxygen atoms in total. The van der Waals surface area contributed by atoms with E-state index in [2.05, 4.69) is 65.3 Å². The number of guanidine groups is 2. The Morgan fingerprint density at radius 3 is 1.31 bits per heavy atom. The SMILES string of the molecule is NC(=NC(=O)NC1Cc2ccccc2C1)NCCN1CCN(CCNC(N)=NC(=O)NC2Cc3ccccc3C2)CC1. The van der Waals surface area contributed by atoms with Crippen molar-refractivity contribution in [2.24, 2.45) is 21.5 Å². The van der Waals surface area contributed by atoms with Crippen LogP contribution >= 0.6 is 0 Å². The van der Waals surface area contributed by atoms with E-state index >= 15 is 0 Å². The first-order valence-electron chi connectivity index (χ1n) is 14.8. The Kier molecular flexibility index (Phi) is 9.88. The topological polar surface area (TPSA) is 165 Å². The van der Waals surface area contributed by atoms with E-state index in [0.717, 1.165) is 65.0 Å². The van der Waals surface area contributed by atoms with E-state index in [4.69, 9.17) is 11.5 Å². The number of nitrogens with zero attached hydrogens (tertiary/aromatic N) is 4. The summed E-state index contributed by atoms with van der Waals surface area (Å²) >= 11 is 0. The highest BCUT2D eigenvalue weighted by molar-refractivity contribution is 5.92. The van der Waals surface area contributed by atoms with Crippen LogP contribution in [-0.2, 0) is 25.7 Å². The Bertz CT molecular complexity index is 1150. The molecule has 1 saturated heterocycles. The molecule has 2 aromatic carbocycles. The first-order valence-corrected chi connectivity index (χ1v) is 14.8. The lowest BCUT2D eigenvalue weighted by Crippen LogP contribution is -2.50. The number of hydrogen-bond donors (Lipinski definition) is 6. The Morgan fingerprint density at radius 2 is 0.976 bits per heavy atom. The largest absolute Gasteiger partial charge is 0.370 e. The van der Waals surface area contributed by atoms with E-state index in [-0.39, 0.29) is 24.0 Å². The van der Waals surface area contributed by atoms with Crippen LogP contribution in [0, 0.1) is 0 Å². The predicted octanol–water partition coefficient (Wildman–Crippen LogP) is 0.167. The molecule has 8 N–H and O–H groups in total. The molecular formula is C30H42N10O2. The maximum Gasteiger partial charge on any atom is 0.344 e. The van der Waals surface area contributed by atoms with Gasteiger partial charge in [-0.2, -0.15) is 9.98 Å². The minimum Gasteiger partial charge on any atom is -0.370 e. The van der Waals surface area contributed by atoms with Crippen molar-refractivity contribution in [3.63, 3.8) is 0 Å². The number of hydrogen-bond acceptors (Lipinski definition) is 4. The molecule has 1 aliphatic heterocycles. The normalized spacial score (nSPS) is 18.4. The number of rotatable bonds is 8. The highest BCUT2D eigenvalue weighted by Crippen LogP contribution is 2.22. The molecule has 0 bridgehead atoms. The van der Waals surface area contributed by atoms with Gasteiger partial charge in [-0.15, -0.1) is 0 Å². The summed E-state index contributed by atoms with van der Waals surface area (Å²) in [7, 11) is 0. The van der Waals surface area contributed by atoms with Crippen LogP contribution in [0.3, 0.4) is 0 Å². The van der Waals surface area contributed by atoms with Gasteiger partial charge in [0, 0.05) is 64.4 Å². The third kappa shape index (κ3) is 8.43. The highest BCUT2D eigenvalue weighted by atomic mass is 16.2. The van der Waals surface area contributed by atoms with Gasteiger partial charge in [-0.3, -0.25) is 9.80 Å². The molecule has 12 heteroatoms. The zero-order valence-corrected chi connectivity index (χ0v) is 24.0. The van der Waals surface area contributed by atoms with E-state index in [1.54, 1.807) is 0 Å². The number of aliphatic imine (C=N–C) groups is 2. The fourth-order valence-corrected chi connectivity index (χ4v) is 5.95. The van der Waals surface area contributed by atoms with Crippen molar-refractivity contribution in [2.45, 2.75) is 37.8 Å². The van der Waals surface area contributed by atoms with Crippen LogP contribution in [-0.4, -0.2) is 98.2 Å². The molecule has 1 heterocycles. The molecule has 0 unspecified atom stereocenters. The maximum atomic E-state index is 12.3. The van der Waals surface area contributed by atoms with Crippen molar-refractivity contribution in [1.82, 2.24) is 31.1 Å². The third-order valence-electron chi connectivity index (χ3n) is 8.13. The van der Waals surface area contributed by atoms with E-state index < -0.39 is 12.1 Å². The van der Waals surface area contributed by atoms with Crippen molar-refractivity contribution in [3.05, 3.63) is 70.8 Å². The minimum absolute atomic E-state index is 0.0572. The number of fused-ring (bicyclic) bond motifs is 2. The molecule has 2 aromatic rings. The molecule has 5 rings (SSSR count). The zero-order valence-electron chi connectivity index (χ0n) is 24.0. The quantitative estimate of drug-likeness (QED) is 0.192. The molecule has 0 saturated carbocycles. The molecule has 3 aliphatic rings. The highest BCUT2D eigenvalue weighted by Gasteiger charge is 2.23. The molecule has 2 aliphatic carbocycles. The number of nitrogens with one attached hydrogen (secondary N) is 4. The van der Waals surface area contributed by atoms with E-state index in [9.17, 15) is 9.59 Å². The summed E-state index contributed by atoms with van der Waals surface area (Å²) in [4.78, 5) is 37.2. The number of benzene rings is 2. The number of carbonyl (C=O) groups excluding carboxylic acids is 2. The van der Waals surface area contributed by atoms with E-state index in [1.807, 2.05) is 24.3 Å². The zero-order chi connectivity index (χ0) is 29.3. The van der Waals surface area contributed by atoms with Gasteiger partial charge >= 0.3 is 12.1 Å². The van der Waals surface area contributed by atoms with Crippen molar-refractivity contribution in [3.8, 4) is 0 Å². The summed E-state index contributed by atoms with van der Waals surface area (Å²) in [6.07, 6.45) is 3.28. The Labute approximate surface area is 247 Å². The van der Waals surface area contributed by atoms with Crippen LogP contribution in [0.1, 0.15) is 22.3 Å². The minimum atomic E-state index is -0.411. The molecule has 224 valence electrons. The lowest BCUT2D eigenvalue weighted by atomic mass is 10.1. The molecular weight excluding hydrogens is 532 g/mol. The average Bonchev–Trinajstić information content (AvgIpc) is 3.56. The van der Waals surface area contributed by atoms with E-state index in [1.165, 1.54) is 22.3 Å². The van der Waals surface area contributed by atoms with Crippen LogP contribution in [0.5, 0.6) is 0 Å². The van der Waals surface area contributed by atoms with Crippen molar-refractivity contribution in [1.29, 1.82) is 0 Å². The summed E-state index contributed by atoms with van der Waals surface area (Å²) < 4.78 is 0. The fourth-order valence-electron chi connectivity index (χ4n) is 5.95. The molecule has 1 fully saturated rings. The van der Waals surface area contributed by atoms with Crippen LogP contribution < -0.4 is 32.7 Å². The third-order valence-corrected chi connectivity index (χ3v) is 8.13. The lowest BCUT2D eigenvalue weighted by molar-refractivity contribution is 0.136. The Balaban J connectivity index is 0.907. The monoisotopic (exact) mass is 574 g/mol. The summed E-state index contributed by atoms with van der Waals surface area (Å²) in [6.45, 7) is 6.55. The van der Waals surface area contributed by atoms with Crippen molar-refractivity contribution in [2.75, 3.05) is 52.4 Å².